The molecule has 0 aromatic heterocycles. The van der Waals surface area contributed by atoms with Crippen molar-refractivity contribution in [2.75, 3.05) is 0 Å². The maximum atomic E-state index is 12.2. The summed E-state index contributed by atoms with van der Waals surface area (Å²) < 4.78 is 5.43. The number of carbonyl (C=O) groups is 1. The molecule has 2 aromatic carbocycles. The average Bonchev–Trinajstić information content (AvgIpc) is 2.77. The lowest BCUT2D eigenvalue weighted by Gasteiger charge is -2.07. The minimum absolute atomic E-state index is 0.0513. The van der Waals surface area contributed by atoms with E-state index in [1.54, 1.807) is 36.4 Å². The number of ether oxygens (including phenoxy) is 1. The molecule has 0 fully saturated rings. The zero-order valence-electron chi connectivity index (χ0n) is 19.4. The summed E-state index contributed by atoms with van der Waals surface area (Å²) in [7, 11) is 0. The molecule has 0 bridgehead atoms. The molecule has 0 heterocycles. The lowest BCUT2D eigenvalue weighted by Crippen LogP contribution is -2.07. The Labute approximate surface area is 193 Å². The maximum Gasteiger partial charge on any atom is 0.311 e. The van der Waals surface area contributed by atoms with Gasteiger partial charge >= 0.3 is 5.97 Å². The zero-order chi connectivity index (χ0) is 23.0. The number of aromatic hydroxyl groups is 2. The molecule has 0 radical (unpaired) electrons. The summed E-state index contributed by atoms with van der Waals surface area (Å²) in [5, 5.41) is 19.3. The van der Waals surface area contributed by atoms with Crippen molar-refractivity contribution in [3.05, 3.63) is 53.6 Å². The summed E-state index contributed by atoms with van der Waals surface area (Å²) in [4.78, 5) is 12.2. The zero-order valence-corrected chi connectivity index (χ0v) is 19.4. The van der Waals surface area contributed by atoms with Crippen LogP contribution in [0.1, 0.15) is 95.1 Å². The fourth-order valence-corrected chi connectivity index (χ4v) is 3.65. The van der Waals surface area contributed by atoms with Gasteiger partial charge in [-0.2, -0.15) is 0 Å². The Balaban J connectivity index is 1.66. The first-order valence-electron chi connectivity index (χ1n) is 12.1. The fourth-order valence-electron chi connectivity index (χ4n) is 3.65. The van der Waals surface area contributed by atoms with Gasteiger partial charge in [0.1, 0.15) is 17.2 Å². The third-order valence-corrected chi connectivity index (χ3v) is 5.49. The molecule has 2 aromatic rings. The summed E-state index contributed by atoms with van der Waals surface area (Å²) >= 11 is 0. The van der Waals surface area contributed by atoms with Crippen molar-refractivity contribution in [1.82, 2.24) is 0 Å². The second-order valence-electron chi connectivity index (χ2n) is 8.44. The molecule has 0 aliphatic carbocycles. The summed E-state index contributed by atoms with van der Waals surface area (Å²) in [5.74, 6) is 0.352. The number of carbonyl (C=O) groups excluding carboxylic acids is 1. The number of unbranched alkanes of at least 4 members (excludes halogenated alkanes) is 10. The van der Waals surface area contributed by atoms with Gasteiger partial charge < -0.3 is 14.9 Å². The predicted octanol–water partition coefficient (Wildman–Crippen LogP) is 7.87. The lowest BCUT2D eigenvalue weighted by atomic mass is 10.1. The van der Waals surface area contributed by atoms with E-state index in [0.29, 0.717) is 12.2 Å². The Morgan fingerprint density at radius 2 is 1.28 bits per heavy atom. The SMILES string of the molecule is CCCCCCCCCCCCCC(=O)Oc1cc(O)cc(C=Cc2ccc(O)cc2)c1. The van der Waals surface area contributed by atoms with Gasteiger partial charge in [0.15, 0.2) is 0 Å². The molecule has 174 valence electrons. The van der Waals surface area contributed by atoms with Crippen molar-refractivity contribution in [3.8, 4) is 17.2 Å². The smallest absolute Gasteiger partial charge is 0.311 e. The van der Waals surface area contributed by atoms with Gasteiger partial charge in [-0.1, -0.05) is 95.4 Å². The molecule has 32 heavy (non-hydrogen) atoms. The average molecular weight is 439 g/mol. The fraction of sp³-hybridized carbons (Fsp3) is 0.464. The molecule has 0 spiro atoms. The minimum atomic E-state index is -0.264. The summed E-state index contributed by atoms with van der Waals surface area (Å²) in [6.07, 6.45) is 17.7. The van der Waals surface area contributed by atoms with Crippen LogP contribution < -0.4 is 4.74 Å². The van der Waals surface area contributed by atoms with Crippen LogP contribution in [0.25, 0.3) is 12.2 Å². The number of hydrogen-bond donors (Lipinski definition) is 2. The van der Waals surface area contributed by atoms with E-state index in [4.69, 9.17) is 4.74 Å². The molecule has 0 saturated heterocycles. The van der Waals surface area contributed by atoms with Gasteiger partial charge in [0.25, 0.3) is 0 Å². The van der Waals surface area contributed by atoms with E-state index in [-0.39, 0.29) is 17.5 Å². The maximum absolute atomic E-state index is 12.2. The van der Waals surface area contributed by atoms with Crippen LogP contribution in [0.3, 0.4) is 0 Å². The van der Waals surface area contributed by atoms with E-state index in [0.717, 1.165) is 24.0 Å². The molecule has 0 aliphatic heterocycles. The van der Waals surface area contributed by atoms with Crippen LogP contribution in [-0.2, 0) is 4.79 Å². The van der Waals surface area contributed by atoms with E-state index in [2.05, 4.69) is 6.92 Å². The highest BCUT2D eigenvalue weighted by Crippen LogP contribution is 2.24. The third kappa shape index (κ3) is 11.0. The minimum Gasteiger partial charge on any atom is -0.508 e. The van der Waals surface area contributed by atoms with Crippen LogP contribution in [0.4, 0.5) is 0 Å². The van der Waals surface area contributed by atoms with Crippen LogP contribution in [0.2, 0.25) is 0 Å². The second-order valence-corrected chi connectivity index (χ2v) is 8.44. The third-order valence-electron chi connectivity index (χ3n) is 5.49. The first-order chi connectivity index (χ1) is 15.6. The quantitative estimate of drug-likeness (QED) is 0.128. The van der Waals surface area contributed by atoms with Gasteiger partial charge in [-0.25, -0.2) is 0 Å². The number of phenols is 2. The van der Waals surface area contributed by atoms with Crippen molar-refractivity contribution in [2.45, 2.75) is 84.0 Å². The first-order valence-corrected chi connectivity index (χ1v) is 12.1. The monoisotopic (exact) mass is 438 g/mol. The number of hydrogen-bond acceptors (Lipinski definition) is 4. The van der Waals surface area contributed by atoms with Gasteiger partial charge in [-0.3, -0.25) is 4.79 Å². The molecule has 2 N–H and O–H groups in total. The van der Waals surface area contributed by atoms with Crippen molar-refractivity contribution in [2.24, 2.45) is 0 Å². The normalized spacial score (nSPS) is 11.2. The Morgan fingerprint density at radius 3 is 1.91 bits per heavy atom. The standard InChI is InChI=1S/C28H38O4/c1-2-3-4-5-6-7-8-9-10-11-12-13-28(31)32-27-21-24(20-26(30)22-27)15-14-23-16-18-25(29)19-17-23/h14-22,29-30H,2-13H2,1H3. The van der Waals surface area contributed by atoms with Gasteiger partial charge in [0.05, 0.1) is 0 Å². The summed E-state index contributed by atoms with van der Waals surface area (Å²) in [6.45, 7) is 2.25. The molecular formula is C28H38O4. The van der Waals surface area contributed by atoms with Crippen molar-refractivity contribution < 1.29 is 19.7 Å². The summed E-state index contributed by atoms with van der Waals surface area (Å²) in [5.41, 5.74) is 1.65. The molecule has 0 amide bonds. The van der Waals surface area contributed by atoms with E-state index in [1.807, 2.05) is 12.2 Å². The van der Waals surface area contributed by atoms with Crippen molar-refractivity contribution >= 4 is 18.1 Å². The molecular weight excluding hydrogens is 400 g/mol. The van der Waals surface area contributed by atoms with E-state index < -0.39 is 0 Å². The van der Waals surface area contributed by atoms with Crippen LogP contribution in [0.5, 0.6) is 17.2 Å². The van der Waals surface area contributed by atoms with E-state index in [9.17, 15) is 15.0 Å². The summed E-state index contributed by atoms with van der Waals surface area (Å²) in [6, 6.07) is 11.6. The predicted molar refractivity (Wildman–Crippen MR) is 132 cm³/mol. The molecule has 0 unspecified atom stereocenters. The van der Waals surface area contributed by atoms with Gasteiger partial charge in [-0.05, 0) is 41.8 Å². The highest BCUT2D eigenvalue weighted by molar-refractivity contribution is 5.74. The number of esters is 1. The van der Waals surface area contributed by atoms with Crippen LogP contribution >= 0.6 is 0 Å². The van der Waals surface area contributed by atoms with Crippen molar-refractivity contribution in [1.29, 1.82) is 0 Å². The Kier molecular flexibility index (Phi) is 12.1. The van der Waals surface area contributed by atoms with Gasteiger partial charge in [-0.15, -0.1) is 0 Å². The Bertz CT molecular complexity index is 824. The largest absolute Gasteiger partial charge is 0.508 e. The van der Waals surface area contributed by atoms with Crippen molar-refractivity contribution in [3.63, 3.8) is 0 Å². The lowest BCUT2D eigenvalue weighted by molar-refractivity contribution is -0.134. The van der Waals surface area contributed by atoms with Crippen LogP contribution in [0.15, 0.2) is 42.5 Å². The number of phenolic OH excluding ortho intramolecular Hbond substituents is 2. The topological polar surface area (TPSA) is 66.8 Å². The number of rotatable bonds is 15. The van der Waals surface area contributed by atoms with E-state index >= 15 is 0 Å². The Hall–Kier alpha value is -2.75. The van der Waals surface area contributed by atoms with Crippen LogP contribution in [-0.4, -0.2) is 16.2 Å². The second kappa shape index (κ2) is 15.1. The highest BCUT2D eigenvalue weighted by Gasteiger charge is 2.07. The van der Waals surface area contributed by atoms with Gasteiger partial charge in [0, 0.05) is 12.5 Å². The Morgan fingerprint density at radius 1 is 0.719 bits per heavy atom. The van der Waals surface area contributed by atoms with Gasteiger partial charge in [0.2, 0.25) is 0 Å². The van der Waals surface area contributed by atoms with E-state index in [1.165, 1.54) is 63.9 Å². The molecule has 4 nitrogen and oxygen atoms in total. The molecule has 4 heteroatoms. The highest BCUT2D eigenvalue weighted by atomic mass is 16.5. The molecule has 0 saturated carbocycles. The van der Waals surface area contributed by atoms with Crippen LogP contribution in [0, 0.1) is 0 Å². The molecule has 0 aliphatic rings. The molecule has 0 atom stereocenters. The first kappa shape index (κ1) is 25.5. The molecule has 2 rings (SSSR count). The number of benzene rings is 2.